The van der Waals surface area contributed by atoms with Crippen molar-refractivity contribution < 1.29 is 24.2 Å². The molecule has 7 heteroatoms. The quantitative estimate of drug-likeness (QED) is 0.704. The summed E-state index contributed by atoms with van der Waals surface area (Å²) in [5.41, 5.74) is 0.580. The first-order chi connectivity index (χ1) is 11.0. The normalized spacial score (nSPS) is 15.6. The number of carbonyl (C=O) groups excluding carboxylic acids is 1. The van der Waals surface area contributed by atoms with Gasteiger partial charge in [-0.3, -0.25) is 14.9 Å². The van der Waals surface area contributed by atoms with Crippen LogP contribution in [0.25, 0.3) is 0 Å². The lowest BCUT2D eigenvalue weighted by Gasteiger charge is -2.20. The van der Waals surface area contributed by atoms with Gasteiger partial charge < -0.3 is 19.9 Å². The van der Waals surface area contributed by atoms with Crippen molar-refractivity contribution in [3.63, 3.8) is 0 Å². The number of fused-ring (bicyclic) bond motifs is 1. The Kier molecular flexibility index (Phi) is 5.81. The standard InChI is InChI=1S/C16H22N2O5/c1-3-10(2)15(16(20)21)17-9-14(19)18-11-4-5-12-13(8-11)23-7-6-22-12/h4-5,8,10,15,17H,3,6-7,9H2,1-2H3,(H,18,19)(H,20,21)/t10-,15-/m0/s1. The van der Waals surface area contributed by atoms with Crippen molar-refractivity contribution in [1.29, 1.82) is 0 Å². The van der Waals surface area contributed by atoms with Crippen LogP contribution in [0, 0.1) is 5.92 Å². The smallest absolute Gasteiger partial charge is 0.320 e. The van der Waals surface area contributed by atoms with Crippen LogP contribution in [0.1, 0.15) is 20.3 Å². The monoisotopic (exact) mass is 322 g/mol. The Morgan fingerprint density at radius 2 is 1.96 bits per heavy atom. The molecule has 0 aliphatic carbocycles. The minimum atomic E-state index is -0.952. The number of carboxylic acids is 1. The average Bonchev–Trinajstić information content (AvgIpc) is 2.54. The van der Waals surface area contributed by atoms with E-state index >= 15 is 0 Å². The van der Waals surface area contributed by atoms with Crippen LogP contribution in [0.4, 0.5) is 5.69 Å². The van der Waals surface area contributed by atoms with Gasteiger partial charge in [0.15, 0.2) is 11.5 Å². The fourth-order valence-corrected chi connectivity index (χ4v) is 2.30. The van der Waals surface area contributed by atoms with Gasteiger partial charge >= 0.3 is 5.97 Å². The largest absolute Gasteiger partial charge is 0.486 e. The van der Waals surface area contributed by atoms with Crippen molar-refractivity contribution in [2.75, 3.05) is 25.1 Å². The third kappa shape index (κ3) is 4.59. The first-order valence-electron chi connectivity index (χ1n) is 7.67. The Bertz CT molecular complexity index is 576. The van der Waals surface area contributed by atoms with E-state index in [1.165, 1.54) is 0 Å². The molecule has 1 aliphatic heterocycles. The SMILES string of the molecule is CC[C@H](C)[C@H](NCC(=O)Nc1ccc2c(c1)OCCO2)C(=O)O. The highest BCUT2D eigenvalue weighted by atomic mass is 16.6. The van der Waals surface area contributed by atoms with Crippen LogP contribution < -0.4 is 20.1 Å². The molecule has 2 rings (SSSR count). The topological polar surface area (TPSA) is 96.9 Å². The highest BCUT2D eigenvalue weighted by molar-refractivity contribution is 5.93. The molecule has 7 nitrogen and oxygen atoms in total. The van der Waals surface area contributed by atoms with Crippen LogP contribution >= 0.6 is 0 Å². The third-order valence-corrected chi connectivity index (χ3v) is 3.79. The maximum absolute atomic E-state index is 12.0. The summed E-state index contributed by atoms with van der Waals surface area (Å²) in [7, 11) is 0. The van der Waals surface area contributed by atoms with Crippen LogP contribution in [0.2, 0.25) is 0 Å². The molecule has 1 aromatic carbocycles. The minimum absolute atomic E-state index is 0.0606. The van der Waals surface area contributed by atoms with Crippen molar-refractivity contribution in [3.05, 3.63) is 18.2 Å². The fraction of sp³-hybridized carbons (Fsp3) is 0.500. The second-order valence-electron chi connectivity index (χ2n) is 5.49. The van der Waals surface area contributed by atoms with Crippen LogP contribution in [0.3, 0.4) is 0 Å². The Morgan fingerprint density at radius 1 is 1.26 bits per heavy atom. The highest BCUT2D eigenvalue weighted by Gasteiger charge is 2.23. The van der Waals surface area contributed by atoms with Gasteiger partial charge in [0.05, 0.1) is 6.54 Å². The van der Waals surface area contributed by atoms with Gasteiger partial charge in [-0.05, 0) is 18.1 Å². The summed E-state index contributed by atoms with van der Waals surface area (Å²) in [6, 6.07) is 4.40. The second kappa shape index (κ2) is 7.82. The van der Waals surface area contributed by atoms with E-state index in [-0.39, 0.29) is 18.4 Å². The van der Waals surface area contributed by atoms with Gasteiger partial charge in [0.2, 0.25) is 5.91 Å². The van der Waals surface area contributed by atoms with E-state index in [9.17, 15) is 14.7 Å². The third-order valence-electron chi connectivity index (χ3n) is 3.79. The van der Waals surface area contributed by atoms with Crippen molar-refractivity contribution in [2.24, 2.45) is 5.92 Å². The van der Waals surface area contributed by atoms with Crippen molar-refractivity contribution in [2.45, 2.75) is 26.3 Å². The predicted octanol–water partition coefficient (Wildman–Crippen LogP) is 1.49. The zero-order valence-electron chi connectivity index (χ0n) is 13.3. The molecule has 0 saturated carbocycles. The number of rotatable bonds is 7. The summed E-state index contributed by atoms with van der Waals surface area (Å²) in [6.07, 6.45) is 0.716. The molecule has 0 bridgehead atoms. The van der Waals surface area contributed by atoms with E-state index in [1.807, 2.05) is 13.8 Å². The van der Waals surface area contributed by atoms with Crippen LogP contribution in [0.15, 0.2) is 18.2 Å². The summed E-state index contributed by atoms with van der Waals surface area (Å²) >= 11 is 0. The van der Waals surface area contributed by atoms with E-state index in [0.29, 0.717) is 36.8 Å². The summed E-state index contributed by atoms with van der Waals surface area (Å²) in [5, 5.41) is 14.7. The highest BCUT2D eigenvalue weighted by Crippen LogP contribution is 2.32. The first kappa shape index (κ1) is 17.1. The number of anilines is 1. The zero-order chi connectivity index (χ0) is 16.8. The molecule has 0 fully saturated rings. The number of nitrogens with one attached hydrogen (secondary N) is 2. The molecular weight excluding hydrogens is 300 g/mol. The summed E-state index contributed by atoms with van der Waals surface area (Å²) in [4.78, 5) is 23.2. The number of carbonyl (C=O) groups is 2. The number of aliphatic carboxylic acids is 1. The lowest BCUT2D eigenvalue weighted by atomic mass is 9.99. The van der Waals surface area contributed by atoms with Crippen molar-refractivity contribution >= 4 is 17.6 Å². The summed E-state index contributed by atoms with van der Waals surface area (Å²) in [5.74, 6) is -0.0857. The summed E-state index contributed by atoms with van der Waals surface area (Å²) < 4.78 is 10.9. The molecule has 1 aromatic rings. The van der Waals surface area contributed by atoms with Crippen molar-refractivity contribution in [1.82, 2.24) is 5.32 Å². The second-order valence-corrected chi connectivity index (χ2v) is 5.49. The van der Waals surface area contributed by atoms with E-state index in [1.54, 1.807) is 18.2 Å². The minimum Gasteiger partial charge on any atom is -0.486 e. The van der Waals surface area contributed by atoms with E-state index in [2.05, 4.69) is 10.6 Å². The number of carboxylic acid groups (broad SMARTS) is 1. The lowest BCUT2D eigenvalue weighted by molar-refractivity contribution is -0.140. The molecule has 0 aromatic heterocycles. The lowest BCUT2D eigenvalue weighted by Crippen LogP contribution is -2.45. The van der Waals surface area contributed by atoms with Gasteiger partial charge in [-0.25, -0.2) is 0 Å². The molecule has 0 radical (unpaired) electrons. The first-order valence-corrected chi connectivity index (χ1v) is 7.67. The van der Waals surface area contributed by atoms with E-state index in [4.69, 9.17) is 9.47 Å². The number of amides is 1. The van der Waals surface area contributed by atoms with Gasteiger partial charge in [-0.2, -0.15) is 0 Å². The maximum atomic E-state index is 12.0. The van der Waals surface area contributed by atoms with E-state index in [0.717, 1.165) is 0 Å². The molecule has 1 amide bonds. The molecule has 23 heavy (non-hydrogen) atoms. The number of benzene rings is 1. The van der Waals surface area contributed by atoms with Crippen LogP contribution in [-0.2, 0) is 9.59 Å². The molecule has 1 heterocycles. The Balaban J connectivity index is 1.90. The number of ether oxygens (including phenoxy) is 2. The van der Waals surface area contributed by atoms with Gasteiger partial charge in [0, 0.05) is 11.8 Å². The Morgan fingerprint density at radius 3 is 2.61 bits per heavy atom. The van der Waals surface area contributed by atoms with Crippen LogP contribution in [0.5, 0.6) is 11.5 Å². The van der Waals surface area contributed by atoms with Gasteiger partial charge in [0.1, 0.15) is 19.3 Å². The Hall–Kier alpha value is -2.28. The van der Waals surface area contributed by atoms with E-state index < -0.39 is 12.0 Å². The van der Waals surface area contributed by atoms with Gasteiger partial charge in [0.25, 0.3) is 0 Å². The summed E-state index contributed by atoms with van der Waals surface area (Å²) in [6.45, 7) is 4.66. The van der Waals surface area contributed by atoms with Gasteiger partial charge in [-0.15, -0.1) is 0 Å². The molecule has 0 saturated heterocycles. The van der Waals surface area contributed by atoms with Gasteiger partial charge in [-0.1, -0.05) is 20.3 Å². The van der Waals surface area contributed by atoms with Crippen molar-refractivity contribution in [3.8, 4) is 11.5 Å². The predicted molar refractivity (Wildman–Crippen MR) is 84.9 cm³/mol. The fourth-order valence-electron chi connectivity index (χ4n) is 2.30. The molecule has 0 unspecified atom stereocenters. The molecule has 2 atom stereocenters. The molecular formula is C16H22N2O5. The zero-order valence-corrected chi connectivity index (χ0v) is 13.3. The average molecular weight is 322 g/mol. The Labute approximate surface area is 135 Å². The maximum Gasteiger partial charge on any atom is 0.320 e. The number of hydrogen-bond acceptors (Lipinski definition) is 5. The molecule has 0 spiro atoms. The molecule has 1 aliphatic rings. The van der Waals surface area contributed by atoms with Crippen LogP contribution in [-0.4, -0.2) is 42.8 Å². The molecule has 126 valence electrons. The number of hydrogen-bond donors (Lipinski definition) is 3. The molecule has 3 N–H and O–H groups in total.